The molecule has 1 aromatic carbocycles. The van der Waals surface area contributed by atoms with E-state index in [-0.39, 0.29) is 13.2 Å². The van der Waals surface area contributed by atoms with Crippen LogP contribution in [0.3, 0.4) is 0 Å². The first-order chi connectivity index (χ1) is 19.1. The molecule has 7 heteroatoms. The smallest absolute Gasteiger partial charge is 0.446 e. The standard InChI is InChI=1S/C32H53NO6/c1-2-3-4-5-6-7-8-9-10-11-12-13-14-15-16-20-25-33-30(34)36-27-32(24-21-26-38-32)28-37-31(35)39-29-22-18-17-19-23-29/h17-19,22-23H,2-16,20-21,24-28H2,1H3,(H,33,34). The molecule has 222 valence electrons. The summed E-state index contributed by atoms with van der Waals surface area (Å²) < 4.78 is 21.6. The van der Waals surface area contributed by atoms with Gasteiger partial charge in [-0.05, 0) is 31.4 Å². The van der Waals surface area contributed by atoms with Crippen LogP contribution in [0.4, 0.5) is 9.59 Å². The number of rotatable bonds is 22. The summed E-state index contributed by atoms with van der Waals surface area (Å²) in [6.07, 6.45) is 21.4. The number of para-hydroxylation sites is 1. The Labute approximate surface area is 236 Å². The highest BCUT2D eigenvalue weighted by atomic mass is 16.7. The molecule has 1 amide bonds. The van der Waals surface area contributed by atoms with Crippen LogP contribution < -0.4 is 10.1 Å². The van der Waals surface area contributed by atoms with Gasteiger partial charge in [-0.15, -0.1) is 0 Å². The van der Waals surface area contributed by atoms with Crippen molar-refractivity contribution in [3.05, 3.63) is 30.3 Å². The van der Waals surface area contributed by atoms with E-state index in [1.807, 2.05) is 6.07 Å². The van der Waals surface area contributed by atoms with Gasteiger partial charge in [-0.1, -0.05) is 121 Å². The fraction of sp³-hybridized carbons (Fsp3) is 0.750. The van der Waals surface area contributed by atoms with Gasteiger partial charge in [-0.2, -0.15) is 0 Å². The summed E-state index contributed by atoms with van der Waals surface area (Å²) >= 11 is 0. The molecule has 1 unspecified atom stereocenters. The first-order valence-electron chi connectivity index (χ1n) is 15.6. The van der Waals surface area contributed by atoms with Crippen molar-refractivity contribution < 1.29 is 28.5 Å². The summed E-state index contributed by atoms with van der Waals surface area (Å²) in [5.41, 5.74) is -0.818. The van der Waals surface area contributed by atoms with Crippen LogP contribution in [0.2, 0.25) is 0 Å². The lowest BCUT2D eigenvalue weighted by Gasteiger charge is -2.27. The van der Waals surface area contributed by atoms with Crippen molar-refractivity contribution in [2.75, 3.05) is 26.4 Å². The molecule has 0 bridgehead atoms. The third-order valence-corrected chi connectivity index (χ3v) is 7.35. The minimum Gasteiger partial charge on any atom is -0.446 e. The summed E-state index contributed by atoms with van der Waals surface area (Å²) in [7, 11) is 0. The molecule has 0 spiro atoms. The van der Waals surface area contributed by atoms with Crippen LogP contribution in [0, 0.1) is 0 Å². The average Bonchev–Trinajstić information content (AvgIpc) is 3.42. The molecule has 1 atom stereocenters. The van der Waals surface area contributed by atoms with Crippen molar-refractivity contribution in [1.82, 2.24) is 5.32 Å². The zero-order chi connectivity index (χ0) is 27.9. The normalized spacial score (nSPS) is 16.6. The number of benzene rings is 1. The predicted molar refractivity (Wildman–Crippen MR) is 155 cm³/mol. The Bertz CT molecular complexity index is 750. The second-order valence-corrected chi connectivity index (χ2v) is 10.9. The second-order valence-electron chi connectivity index (χ2n) is 10.9. The number of amides is 1. The highest BCUT2D eigenvalue weighted by molar-refractivity contribution is 5.67. The molecule has 0 saturated carbocycles. The van der Waals surface area contributed by atoms with E-state index in [0.29, 0.717) is 25.3 Å². The van der Waals surface area contributed by atoms with E-state index in [0.717, 1.165) is 19.3 Å². The molecule has 1 aliphatic heterocycles. The number of carbonyl (C=O) groups excluding carboxylic acids is 2. The Kier molecular flexibility index (Phi) is 18.2. The first kappa shape index (κ1) is 32.9. The highest BCUT2D eigenvalue weighted by Crippen LogP contribution is 2.27. The van der Waals surface area contributed by atoms with Gasteiger partial charge in [0.2, 0.25) is 0 Å². The van der Waals surface area contributed by atoms with Crippen LogP contribution in [0.15, 0.2) is 30.3 Å². The summed E-state index contributed by atoms with van der Waals surface area (Å²) in [6.45, 7) is 3.43. The van der Waals surface area contributed by atoms with Gasteiger partial charge in [0.25, 0.3) is 0 Å². The maximum atomic E-state index is 12.2. The van der Waals surface area contributed by atoms with Gasteiger partial charge in [0.15, 0.2) is 0 Å². The van der Waals surface area contributed by atoms with Crippen LogP contribution in [-0.2, 0) is 14.2 Å². The fourth-order valence-electron chi connectivity index (χ4n) is 4.94. The van der Waals surface area contributed by atoms with Crippen molar-refractivity contribution in [1.29, 1.82) is 0 Å². The van der Waals surface area contributed by atoms with Gasteiger partial charge in [0.1, 0.15) is 24.6 Å². The molecule has 0 aliphatic carbocycles. The Hall–Kier alpha value is -2.28. The highest BCUT2D eigenvalue weighted by Gasteiger charge is 2.38. The lowest BCUT2D eigenvalue weighted by Crippen LogP contribution is -2.42. The van der Waals surface area contributed by atoms with Crippen molar-refractivity contribution in [2.24, 2.45) is 0 Å². The minimum atomic E-state index is -0.818. The number of alkyl carbamates (subject to hydrolysis) is 1. The molecule has 1 saturated heterocycles. The maximum Gasteiger partial charge on any atom is 0.513 e. The molecule has 1 fully saturated rings. The molecular formula is C32H53NO6. The number of unbranched alkanes of at least 4 members (excludes halogenated alkanes) is 15. The topological polar surface area (TPSA) is 83.1 Å². The molecule has 2 rings (SSSR count). The van der Waals surface area contributed by atoms with Gasteiger partial charge in [-0.3, -0.25) is 0 Å². The molecule has 7 nitrogen and oxygen atoms in total. The van der Waals surface area contributed by atoms with Crippen LogP contribution in [0.5, 0.6) is 5.75 Å². The molecule has 1 N–H and O–H groups in total. The maximum absolute atomic E-state index is 12.2. The van der Waals surface area contributed by atoms with Crippen LogP contribution in [0.25, 0.3) is 0 Å². The second kappa shape index (κ2) is 21.5. The largest absolute Gasteiger partial charge is 0.513 e. The van der Waals surface area contributed by atoms with E-state index in [4.69, 9.17) is 18.9 Å². The van der Waals surface area contributed by atoms with Gasteiger partial charge < -0.3 is 24.3 Å². The number of ether oxygens (including phenoxy) is 4. The van der Waals surface area contributed by atoms with Crippen molar-refractivity contribution in [3.63, 3.8) is 0 Å². The summed E-state index contributed by atoms with van der Waals surface area (Å²) in [5.74, 6) is 0.411. The Morgan fingerprint density at radius 1 is 0.769 bits per heavy atom. The molecule has 0 aromatic heterocycles. The van der Waals surface area contributed by atoms with Crippen LogP contribution >= 0.6 is 0 Å². The lowest BCUT2D eigenvalue weighted by molar-refractivity contribution is -0.0816. The Morgan fingerprint density at radius 2 is 1.31 bits per heavy atom. The average molecular weight is 548 g/mol. The van der Waals surface area contributed by atoms with Gasteiger partial charge in [0, 0.05) is 13.2 Å². The van der Waals surface area contributed by atoms with E-state index in [9.17, 15) is 9.59 Å². The number of carbonyl (C=O) groups is 2. The minimum absolute atomic E-state index is 0.0227. The zero-order valence-electron chi connectivity index (χ0n) is 24.4. The lowest BCUT2D eigenvalue weighted by atomic mass is 10.0. The van der Waals surface area contributed by atoms with Gasteiger partial charge in [-0.25, -0.2) is 9.59 Å². The molecule has 1 aliphatic rings. The fourth-order valence-corrected chi connectivity index (χ4v) is 4.94. The molecule has 39 heavy (non-hydrogen) atoms. The zero-order valence-corrected chi connectivity index (χ0v) is 24.4. The van der Waals surface area contributed by atoms with Crippen LogP contribution in [0.1, 0.15) is 122 Å². The molecular weight excluding hydrogens is 494 g/mol. The predicted octanol–water partition coefficient (Wildman–Crippen LogP) is 8.74. The van der Waals surface area contributed by atoms with E-state index in [2.05, 4.69) is 12.2 Å². The number of hydrogen-bond donors (Lipinski definition) is 1. The first-order valence-corrected chi connectivity index (χ1v) is 15.6. The summed E-state index contributed by atoms with van der Waals surface area (Å²) in [4.78, 5) is 24.2. The van der Waals surface area contributed by atoms with E-state index in [1.165, 1.54) is 89.9 Å². The monoisotopic (exact) mass is 547 g/mol. The van der Waals surface area contributed by atoms with E-state index < -0.39 is 17.8 Å². The van der Waals surface area contributed by atoms with Crippen molar-refractivity contribution in [3.8, 4) is 5.75 Å². The van der Waals surface area contributed by atoms with E-state index in [1.54, 1.807) is 24.3 Å². The Balaban J connectivity index is 1.41. The van der Waals surface area contributed by atoms with Crippen LogP contribution in [-0.4, -0.2) is 44.2 Å². The summed E-state index contributed by atoms with van der Waals surface area (Å²) in [5, 5.41) is 2.82. The Morgan fingerprint density at radius 3 is 1.85 bits per heavy atom. The van der Waals surface area contributed by atoms with Gasteiger partial charge in [0.05, 0.1) is 0 Å². The van der Waals surface area contributed by atoms with Gasteiger partial charge >= 0.3 is 12.2 Å². The molecule has 1 aromatic rings. The number of hydrogen-bond acceptors (Lipinski definition) is 6. The molecule has 0 radical (unpaired) electrons. The van der Waals surface area contributed by atoms with E-state index >= 15 is 0 Å². The third-order valence-electron chi connectivity index (χ3n) is 7.35. The third kappa shape index (κ3) is 16.4. The summed E-state index contributed by atoms with van der Waals surface area (Å²) in [6, 6.07) is 8.74. The van der Waals surface area contributed by atoms with Crippen molar-refractivity contribution in [2.45, 2.75) is 128 Å². The quantitative estimate of drug-likeness (QED) is 0.0887. The van der Waals surface area contributed by atoms with Crippen molar-refractivity contribution >= 4 is 12.2 Å². The number of nitrogens with one attached hydrogen (secondary N) is 1. The molecule has 1 heterocycles. The SMILES string of the molecule is CCCCCCCCCCCCCCCCCCNC(=O)OCC1(COC(=O)Oc2ccccc2)CCCO1.